The number of pyridine rings is 1. The van der Waals surface area contributed by atoms with Crippen LogP contribution in [0.4, 0.5) is 19.0 Å². The minimum absolute atomic E-state index is 0.263. The molecule has 2 amide bonds. The smallest absolute Gasteiger partial charge is 0.251 e. The van der Waals surface area contributed by atoms with Crippen molar-refractivity contribution < 1.29 is 22.8 Å². The molecule has 8 heteroatoms. The molecule has 1 aliphatic rings. The first kappa shape index (κ1) is 13.3. The van der Waals surface area contributed by atoms with Crippen molar-refractivity contribution in [1.29, 1.82) is 0 Å². The fourth-order valence-electron chi connectivity index (χ4n) is 1.93. The average Bonchev–Trinajstić information content (AvgIpc) is 2.33. The molecule has 0 spiro atoms. The molecule has 102 valence electrons. The lowest BCUT2D eigenvalue weighted by atomic mass is 10.1. The Morgan fingerprint density at radius 2 is 2.05 bits per heavy atom. The van der Waals surface area contributed by atoms with Crippen LogP contribution in [0, 0.1) is 17.6 Å². The van der Waals surface area contributed by atoms with Crippen LogP contribution in [0.15, 0.2) is 6.07 Å². The Morgan fingerprint density at radius 3 is 2.68 bits per heavy atom. The van der Waals surface area contributed by atoms with Crippen molar-refractivity contribution in [3.8, 4) is 0 Å². The van der Waals surface area contributed by atoms with E-state index in [0.717, 1.165) is 4.90 Å². The van der Waals surface area contributed by atoms with Crippen LogP contribution in [0.25, 0.3) is 0 Å². The van der Waals surface area contributed by atoms with Crippen LogP contribution in [-0.2, 0) is 9.59 Å². The summed E-state index contributed by atoms with van der Waals surface area (Å²) in [6.45, 7) is 1.30. The topological polar surface area (TPSA) is 62.3 Å². The molecule has 2 heterocycles. The Bertz CT molecular complexity index is 550. The molecule has 0 aromatic carbocycles. The number of hydrogen-bond donors (Lipinski definition) is 1. The van der Waals surface area contributed by atoms with E-state index in [2.05, 4.69) is 10.3 Å². The zero-order chi connectivity index (χ0) is 14.2. The van der Waals surface area contributed by atoms with Gasteiger partial charge in [0.1, 0.15) is 6.04 Å². The third kappa shape index (κ3) is 2.38. The van der Waals surface area contributed by atoms with Gasteiger partial charge in [-0.2, -0.15) is 9.37 Å². The van der Waals surface area contributed by atoms with Crippen molar-refractivity contribution in [2.24, 2.45) is 0 Å². The van der Waals surface area contributed by atoms with Crippen LogP contribution in [0.2, 0.25) is 0 Å². The number of hydrogen-bond acceptors (Lipinski definition) is 4. The van der Waals surface area contributed by atoms with Crippen molar-refractivity contribution in [2.75, 3.05) is 11.4 Å². The minimum Gasteiger partial charge on any atom is -0.333 e. The molecule has 0 saturated carbocycles. The summed E-state index contributed by atoms with van der Waals surface area (Å²) in [5.41, 5.74) is 0. The Kier molecular flexibility index (Phi) is 3.41. The van der Waals surface area contributed by atoms with Gasteiger partial charge in [0.2, 0.25) is 11.8 Å². The summed E-state index contributed by atoms with van der Waals surface area (Å²) in [5, 5.41) is 2.09. The summed E-state index contributed by atoms with van der Waals surface area (Å²) in [6, 6.07) is -0.522. The second kappa shape index (κ2) is 4.87. The van der Waals surface area contributed by atoms with Crippen molar-refractivity contribution in [1.82, 2.24) is 10.3 Å². The Morgan fingerprint density at radius 1 is 1.37 bits per heavy atom. The number of carbonyl (C=O) groups is 2. The molecule has 19 heavy (non-hydrogen) atoms. The van der Waals surface area contributed by atoms with Gasteiger partial charge in [-0.3, -0.25) is 14.9 Å². The maximum Gasteiger partial charge on any atom is 0.251 e. The first-order valence-corrected chi connectivity index (χ1v) is 5.56. The highest BCUT2D eigenvalue weighted by Crippen LogP contribution is 2.23. The molecule has 1 saturated heterocycles. The molecule has 1 aliphatic heterocycles. The quantitative estimate of drug-likeness (QED) is 0.637. The van der Waals surface area contributed by atoms with Gasteiger partial charge < -0.3 is 4.90 Å². The fraction of sp³-hybridized carbons (Fsp3) is 0.364. The number of nitrogens with one attached hydrogen (secondary N) is 1. The van der Waals surface area contributed by atoms with Crippen molar-refractivity contribution in [3.05, 3.63) is 23.6 Å². The molecule has 1 atom stereocenters. The van der Waals surface area contributed by atoms with Gasteiger partial charge in [-0.25, -0.2) is 8.78 Å². The minimum atomic E-state index is -1.48. The largest absolute Gasteiger partial charge is 0.333 e. The van der Waals surface area contributed by atoms with E-state index in [-0.39, 0.29) is 13.0 Å². The second-order valence-electron chi connectivity index (χ2n) is 4.03. The van der Waals surface area contributed by atoms with E-state index in [1.165, 1.54) is 0 Å². The van der Waals surface area contributed by atoms with E-state index in [4.69, 9.17) is 0 Å². The number of nitrogens with zero attached hydrogens (tertiary/aromatic N) is 2. The summed E-state index contributed by atoms with van der Waals surface area (Å²) in [6.07, 6.45) is 0.263. The number of amides is 2. The van der Waals surface area contributed by atoms with Crippen LogP contribution in [0.3, 0.4) is 0 Å². The van der Waals surface area contributed by atoms with Crippen LogP contribution in [-0.4, -0.2) is 29.4 Å². The van der Waals surface area contributed by atoms with E-state index in [1.807, 2.05) is 0 Å². The summed E-state index contributed by atoms with van der Waals surface area (Å²) in [4.78, 5) is 27.0. The molecule has 1 aromatic heterocycles. The standard InChI is InChI=1S/C11H10F3N3O2/c1-2-7-11(19)15-8(18)4-17(7)10-6(13)3-5(12)9(14)16-10/h3,7H,2,4H2,1H3,(H,15,18,19). The lowest BCUT2D eigenvalue weighted by molar-refractivity contribution is -0.133. The van der Waals surface area contributed by atoms with Crippen LogP contribution >= 0.6 is 0 Å². The van der Waals surface area contributed by atoms with E-state index < -0.39 is 41.3 Å². The Labute approximate surface area is 106 Å². The van der Waals surface area contributed by atoms with E-state index in [9.17, 15) is 22.8 Å². The van der Waals surface area contributed by atoms with Gasteiger partial charge in [0.25, 0.3) is 5.95 Å². The number of rotatable bonds is 2. The molecule has 5 nitrogen and oxygen atoms in total. The number of imide groups is 1. The van der Waals surface area contributed by atoms with Gasteiger partial charge in [-0.1, -0.05) is 6.92 Å². The molecule has 1 N–H and O–H groups in total. The second-order valence-corrected chi connectivity index (χ2v) is 4.03. The molecule has 2 rings (SSSR count). The summed E-state index contributed by atoms with van der Waals surface area (Å²) in [5.74, 6) is -5.86. The monoisotopic (exact) mass is 273 g/mol. The summed E-state index contributed by atoms with van der Waals surface area (Å²) >= 11 is 0. The molecule has 1 aromatic rings. The first-order valence-electron chi connectivity index (χ1n) is 5.56. The third-order valence-corrected chi connectivity index (χ3v) is 2.78. The Hall–Kier alpha value is -2.12. The van der Waals surface area contributed by atoms with Gasteiger partial charge in [-0.15, -0.1) is 0 Å². The number of anilines is 1. The zero-order valence-corrected chi connectivity index (χ0v) is 9.91. The molecule has 0 aliphatic carbocycles. The number of aromatic nitrogens is 1. The van der Waals surface area contributed by atoms with Crippen molar-refractivity contribution >= 4 is 17.6 Å². The lowest BCUT2D eigenvalue weighted by Crippen LogP contribution is -2.58. The van der Waals surface area contributed by atoms with Crippen LogP contribution < -0.4 is 10.2 Å². The highest BCUT2D eigenvalue weighted by atomic mass is 19.2. The third-order valence-electron chi connectivity index (χ3n) is 2.78. The normalized spacial score (nSPS) is 19.6. The predicted molar refractivity (Wildman–Crippen MR) is 58.7 cm³/mol. The maximum atomic E-state index is 13.6. The summed E-state index contributed by atoms with van der Waals surface area (Å²) in [7, 11) is 0. The van der Waals surface area contributed by atoms with Gasteiger partial charge in [0.05, 0.1) is 6.54 Å². The molecular weight excluding hydrogens is 263 g/mol. The highest BCUT2D eigenvalue weighted by Gasteiger charge is 2.35. The fourth-order valence-corrected chi connectivity index (χ4v) is 1.93. The average molecular weight is 273 g/mol. The van der Waals surface area contributed by atoms with Gasteiger partial charge in [0, 0.05) is 6.07 Å². The Balaban J connectivity index is 2.46. The van der Waals surface area contributed by atoms with Crippen molar-refractivity contribution in [3.63, 3.8) is 0 Å². The maximum absolute atomic E-state index is 13.6. The SMILES string of the molecule is CCC1C(=O)NC(=O)CN1c1nc(F)c(F)cc1F. The number of carbonyl (C=O) groups excluding carboxylic acids is 2. The molecule has 0 radical (unpaired) electrons. The van der Waals surface area contributed by atoms with Gasteiger partial charge in [0.15, 0.2) is 17.5 Å². The molecular formula is C11H10F3N3O2. The molecule has 0 bridgehead atoms. The highest BCUT2D eigenvalue weighted by molar-refractivity contribution is 6.04. The predicted octanol–water partition coefficient (Wildman–Crippen LogP) is 0.740. The number of halogens is 3. The molecule has 1 unspecified atom stereocenters. The lowest BCUT2D eigenvalue weighted by Gasteiger charge is -2.34. The van der Waals surface area contributed by atoms with Crippen LogP contribution in [0.1, 0.15) is 13.3 Å². The molecule has 1 fully saturated rings. The zero-order valence-electron chi connectivity index (χ0n) is 9.91. The number of piperazine rings is 1. The van der Waals surface area contributed by atoms with E-state index in [1.54, 1.807) is 6.92 Å². The van der Waals surface area contributed by atoms with Crippen LogP contribution in [0.5, 0.6) is 0 Å². The van der Waals surface area contributed by atoms with Gasteiger partial charge >= 0.3 is 0 Å². The first-order chi connectivity index (χ1) is 8.93. The van der Waals surface area contributed by atoms with E-state index in [0.29, 0.717) is 6.07 Å². The summed E-state index contributed by atoms with van der Waals surface area (Å²) < 4.78 is 39.5. The van der Waals surface area contributed by atoms with Crippen molar-refractivity contribution in [2.45, 2.75) is 19.4 Å². The van der Waals surface area contributed by atoms with Gasteiger partial charge in [-0.05, 0) is 6.42 Å². The van der Waals surface area contributed by atoms with E-state index >= 15 is 0 Å².